The van der Waals surface area contributed by atoms with Crippen molar-refractivity contribution in [3.63, 3.8) is 0 Å². The molecule has 0 saturated carbocycles. The number of hydrogen-bond donors (Lipinski definition) is 1. The highest BCUT2D eigenvalue weighted by atomic mass is 35.5. The Morgan fingerprint density at radius 3 is 3.00 bits per heavy atom. The van der Waals surface area contributed by atoms with Crippen LogP contribution < -0.4 is 0 Å². The Kier molecular flexibility index (Phi) is 4.42. The molecule has 1 fully saturated rings. The standard InChI is InChI=1S/C14H17ClFNO2/c1-9-5-6-17(12(7-9)14(18)19)8-10-3-2-4-11(16)13(10)15/h2-4,9,12H,5-8H2,1H3,(H,18,19). The summed E-state index contributed by atoms with van der Waals surface area (Å²) in [4.78, 5) is 13.2. The Balaban J connectivity index is 2.16. The van der Waals surface area contributed by atoms with Gasteiger partial charge in [0, 0.05) is 6.54 Å². The molecule has 1 aliphatic rings. The van der Waals surface area contributed by atoms with Gasteiger partial charge in [-0.05, 0) is 36.9 Å². The lowest BCUT2D eigenvalue weighted by Crippen LogP contribution is -2.46. The van der Waals surface area contributed by atoms with Crippen LogP contribution >= 0.6 is 11.6 Å². The average molecular weight is 286 g/mol. The number of carboxylic acids is 1. The van der Waals surface area contributed by atoms with Crippen molar-refractivity contribution in [2.24, 2.45) is 5.92 Å². The summed E-state index contributed by atoms with van der Waals surface area (Å²) >= 11 is 5.92. The van der Waals surface area contributed by atoms with Crippen LogP contribution in [0.1, 0.15) is 25.3 Å². The molecule has 1 heterocycles. The normalized spacial score (nSPS) is 24.4. The molecule has 1 aromatic carbocycles. The molecule has 3 nitrogen and oxygen atoms in total. The number of carboxylic acid groups (broad SMARTS) is 1. The highest BCUT2D eigenvalue weighted by Crippen LogP contribution is 2.27. The maximum atomic E-state index is 13.4. The smallest absolute Gasteiger partial charge is 0.320 e. The van der Waals surface area contributed by atoms with E-state index in [0.717, 1.165) is 6.42 Å². The summed E-state index contributed by atoms with van der Waals surface area (Å²) in [5.74, 6) is -0.879. The quantitative estimate of drug-likeness (QED) is 0.927. The van der Waals surface area contributed by atoms with Crippen LogP contribution in [0, 0.1) is 11.7 Å². The molecule has 2 unspecified atom stereocenters. The second-order valence-corrected chi connectivity index (χ2v) is 5.54. The Labute approximate surface area is 117 Å². The van der Waals surface area contributed by atoms with E-state index in [1.54, 1.807) is 12.1 Å². The van der Waals surface area contributed by atoms with E-state index in [0.29, 0.717) is 31.0 Å². The van der Waals surface area contributed by atoms with Gasteiger partial charge < -0.3 is 5.11 Å². The first-order chi connectivity index (χ1) is 8.99. The van der Waals surface area contributed by atoms with Crippen molar-refractivity contribution in [3.8, 4) is 0 Å². The van der Waals surface area contributed by atoms with Gasteiger partial charge in [0.2, 0.25) is 0 Å². The van der Waals surface area contributed by atoms with Gasteiger partial charge in [0.25, 0.3) is 0 Å². The van der Waals surface area contributed by atoms with E-state index in [9.17, 15) is 14.3 Å². The first-order valence-electron chi connectivity index (χ1n) is 6.38. The van der Waals surface area contributed by atoms with E-state index in [2.05, 4.69) is 6.92 Å². The van der Waals surface area contributed by atoms with Crippen LogP contribution in [0.4, 0.5) is 4.39 Å². The maximum Gasteiger partial charge on any atom is 0.320 e. The van der Waals surface area contributed by atoms with E-state index in [1.165, 1.54) is 6.07 Å². The molecule has 0 aliphatic carbocycles. The van der Waals surface area contributed by atoms with Gasteiger partial charge in [0.15, 0.2) is 0 Å². The Hall–Kier alpha value is -1.13. The van der Waals surface area contributed by atoms with Gasteiger partial charge in [-0.3, -0.25) is 9.69 Å². The number of nitrogens with zero attached hydrogens (tertiary/aromatic N) is 1. The number of hydrogen-bond acceptors (Lipinski definition) is 2. The highest BCUT2D eigenvalue weighted by molar-refractivity contribution is 6.31. The Morgan fingerprint density at radius 1 is 1.58 bits per heavy atom. The van der Waals surface area contributed by atoms with Crippen LogP contribution in [-0.2, 0) is 11.3 Å². The molecule has 1 aromatic rings. The molecule has 0 radical (unpaired) electrons. The summed E-state index contributed by atoms with van der Waals surface area (Å²) in [7, 11) is 0. The lowest BCUT2D eigenvalue weighted by molar-refractivity contribution is -0.145. The molecule has 0 bridgehead atoms. The predicted octanol–water partition coefficient (Wildman–Crippen LogP) is 3.16. The summed E-state index contributed by atoms with van der Waals surface area (Å²) in [6.45, 7) is 3.13. The summed E-state index contributed by atoms with van der Waals surface area (Å²) in [5.41, 5.74) is 0.641. The van der Waals surface area contributed by atoms with Crippen LogP contribution in [0.2, 0.25) is 5.02 Å². The number of rotatable bonds is 3. The molecular formula is C14H17ClFNO2. The van der Waals surface area contributed by atoms with Crippen LogP contribution in [0.3, 0.4) is 0 Å². The van der Waals surface area contributed by atoms with E-state index < -0.39 is 17.8 Å². The third kappa shape index (κ3) is 3.25. The SMILES string of the molecule is CC1CCN(Cc2cccc(F)c2Cl)C(C(=O)O)C1. The summed E-state index contributed by atoms with van der Waals surface area (Å²) in [5, 5.41) is 9.37. The molecule has 1 saturated heterocycles. The van der Waals surface area contributed by atoms with Crippen LogP contribution in [0.25, 0.3) is 0 Å². The monoisotopic (exact) mass is 285 g/mol. The zero-order chi connectivity index (χ0) is 14.0. The van der Waals surface area contributed by atoms with Gasteiger partial charge in [0.1, 0.15) is 11.9 Å². The van der Waals surface area contributed by atoms with Crippen LogP contribution in [0.15, 0.2) is 18.2 Å². The van der Waals surface area contributed by atoms with Gasteiger partial charge in [0.05, 0.1) is 5.02 Å². The van der Waals surface area contributed by atoms with E-state index in [1.807, 2.05) is 4.90 Å². The van der Waals surface area contributed by atoms with Crippen molar-refractivity contribution in [2.75, 3.05) is 6.54 Å². The third-order valence-corrected chi connectivity index (χ3v) is 4.09. The van der Waals surface area contributed by atoms with Crippen molar-refractivity contribution in [3.05, 3.63) is 34.6 Å². The van der Waals surface area contributed by atoms with Crippen molar-refractivity contribution in [1.29, 1.82) is 0 Å². The molecule has 0 spiro atoms. The first kappa shape index (κ1) is 14.3. The number of piperidine rings is 1. The fourth-order valence-corrected chi connectivity index (χ4v) is 2.71. The van der Waals surface area contributed by atoms with E-state index >= 15 is 0 Å². The number of likely N-dealkylation sites (tertiary alicyclic amines) is 1. The highest BCUT2D eigenvalue weighted by Gasteiger charge is 2.31. The molecule has 104 valence electrons. The summed E-state index contributed by atoms with van der Waals surface area (Å²) in [6, 6.07) is 4.13. The van der Waals surface area contributed by atoms with Gasteiger partial charge in [-0.1, -0.05) is 30.7 Å². The molecule has 5 heteroatoms. The minimum Gasteiger partial charge on any atom is -0.480 e. The molecule has 2 atom stereocenters. The molecule has 0 aromatic heterocycles. The first-order valence-corrected chi connectivity index (χ1v) is 6.76. The van der Waals surface area contributed by atoms with Crippen molar-refractivity contribution < 1.29 is 14.3 Å². The topological polar surface area (TPSA) is 40.5 Å². The number of halogens is 2. The molecule has 2 rings (SSSR count). The van der Waals surface area contributed by atoms with Crippen molar-refractivity contribution in [2.45, 2.75) is 32.4 Å². The molecule has 1 N–H and O–H groups in total. The molecular weight excluding hydrogens is 269 g/mol. The summed E-state index contributed by atoms with van der Waals surface area (Å²) in [6.07, 6.45) is 1.58. The van der Waals surface area contributed by atoms with Gasteiger partial charge in [-0.25, -0.2) is 4.39 Å². The van der Waals surface area contributed by atoms with Crippen molar-refractivity contribution in [1.82, 2.24) is 4.90 Å². The van der Waals surface area contributed by atoms with Crippen LogP contribution in [-0.4, -0.2) is 28.6 Å². The molecule has 0 amide bonds. The second-order valence-electron chi connectivity index (χ2n) is 5.17. The Bertz CT molecular complexity index is 481. The summed E-state index contributed by atoms with van der Waals surface area (Å²) < 4.78 is 13.4. The number of benzene rings is 1. The third-order valence-electron chi connectivity index (χ3n) is 3.67. The fourth-order valence-electron chi connectivity index (χ4n) is 2.53. The van der Waals surface area contributed by atoms with Crippen molar-refractivity contribution >= 4 is 17.6 Å². The minimum absolute atomic E-state index is 0.0882. The molecule has 1 aliphatic heterocycles. The molecule has 19 heavy (non-hydrogen) atoms. The minimum atomic E-state index is -0.820. The van der Waals surface area contributed by atoms with Gasteiger partial charge in [-0.15, -0.1) is 0 Å². The Morgan fingerprint density at radius 2 is 2.32 bits per heavy atom. The second kappa shape index (κ2) is 5.88. The van der Waals surface area contributed by atoms with E-state index in [-0.39, 0.29) is 5.02 Å². The largest absolute Gasteiger partial charge is 0.480 e. The lowest BCUT2D eigenvalue weighted by Gasteiger charge is -2.36. The van der Waals surface area contributed by atoms with Gasteiger partial charge >= 0.3 is 5.97 Å². The zero-order valence-corrected chi connectivity index (χ0v) is 11.5. The lowest BCUT2D eigenvalue weighted by atomic mass is 9.92. The zero-order valence-electron chi connectivity index (χ0n) is 10.8. The number of aliphatic carboxylic acids is 1. The maximum absolute atomic E-state index is 13.4. The number of carbonyl (C=O) groups is 1. The van der Waals surface area contributed by atoms with E-state index in [4.69, 9.17) is 11.6 Å². The predicted molar refractivity (Wildman–Crippen MR) is 71.6 cm³/mol. The van der Waals surface area contributed by atoms with Crippen LogP contribution in [0.5, 0.6) is 0 Å². The average Bonchev–Trinajstić information content (AvgIpc) is 2.36. The van der Waals surface area contributed by atoms with Gasteiger partial charge in [-0.2, -0.15) is 0 Å². The fraction of sp³-hybridized carbons (Fsp3) is 0.500.